The molecule has 1 N–H and O–H groups in total. The molecule has 2 aromatic carbocycles. The van der Waals surface area contributed by atoms with E-state index in [1.54, 1.807) is 50.6 Å². The summed E-state index contributed by atoms with van der Waals surface area (Å²) in [6.07, 6.45) is 4.54. The van der Waals surface area contributed by atoms with Gasteiger partial charge in [-0.3, -0.25) is 19.9 Å². The van der Waals surface area contributed by atoms with Gasteiger partial charge in [0.25, 0.3) is 11.6 Å². The molecule has 158 valence electrons. The molecule has 0 bridgehead atoms. The predicted molar refractivity (Wildman–Crippen MR) is 114 cm³/mol. The van der Waals surface area contributed by atoms with Gasteiger partial charge in [-0.05, 0) is 42.8 Å². The largest absolute Gasteiger partial charge is 0.496 e. The maximum Gasteiger partial charge on any atom is 0.272 e. The van der Waals surface area contributed by atoms with Crippen molar-refractivity contribution in [3.63, 3.8) is 0 Å². The molecule has 0 aliphatic heterocycles. The number of carbonyl (C=O) groups excluding carboxylic acids is 1. The van der Waals surface area contributed by atoms with Crippen LogP contribution < -0.4 is 14.9 Å². The maximum atomic E-state index is 12.0. The Morgan fingerprint density at radius 2 is 2.10 bits per heavy atom. The monoisotopic (exact) mass is 420 g/mol. The molecule has 1 aromatic heterocycles. The second kappa shape index (κ2) is 9.97. The van der Waals surface area contributed by atoms with E-state index < -0.39 is 4.92 Å². The lowest BCUT2D eigenvalue weighted by molar-refractivity contribution is -0.385. The fourth-order valence-electron chi connectivity index (χ4n) is 2.77. The molecule has 0 saturated heterocycles. The number of hydrazone groups is 1. The number of nitro groups is 1. The number of hydrogen-bond acceptors (Lipinski definition) is 7. The SMILES string of the molecule is COc1cc(/C=N/NC(=O)c2cccnc2)ccc1COc1ccc([N+](=O)[O-])c(C)c1. The van der Waals surface area contributed by atoms with Crippen LogP contribution in [0.5, 0.6) is 11.5 Å². The predicted octanol–water partition coefficient (Wildman–Crippen LogP) is 3.65. The van der Waals surface area contributed by atoms with Gasteiger partial charge >= 0.3 is 0 Å². The number of rotatable bonds is 8. The quantitative estimate of drug-likeness (QED) is 0.338. The van der Waals surface area contributed by atoms with Crippen LogP contribution in [0.2, 0.25) is 0 Å². The van der Waals surface area contributed by atoms with E-state index in [-0.39, 0.29) is 18.2 Å². The second-order valence-corrected chi connectivity index (χ2v) is 6.51. The molecule has 9 heteroatoms. The van der Waals surface area contributed by atoms with Crippen molar-refractivity contribution in [1.82, 2.24) is 10.4 Å². The summed E-state index contributed by atoms with van der Waals surface area (Å²) >= 11 is 0. The summed E-state index contributed by atoms with van der Waals surface area (Å²) in [6.45, 7) is 1.88. The average molecular weight is 420 g/mol. The zero-order valence-electron chi connectivity index (χ0n) is 16.9. The van der Waals surface area contributed by atoms with Crippen molar-refractivity contribution in [2.75, 3.05) is 7.11 Å². The van der Waals surface area contributed by atoms with Crippen LogP contribution in [-0.2, 0) is 6.61 Å². The summed E-state index contributed by atoms with van der Waals surface area (Å²) in [5.41, 5.74) is 4.93. The fourth-order valence-corrected chi connectivity index (χ4v) is 2.77. The number of hydrogen-bond donors (Lipinski definition) is 1. The standard InChI is InChI=1S/C22H20N4O5/c1-15-10-19(7-8-20(15)26(28)29)31-14-18-6-5-16(11-21(18)30-2)12-24-25-22(27)17-4-3-9-23-13-17/h3-13H,14H2,1-2H3,(H,25,27)/b24-12+. The Hall–Kier alpha value is -4.27. The number of nitrogens with zero attached hydrogens (tertiary/aromatic N) is 3. The molecule has 0 radical (unpaired) electrons. The highest BCUT2D eigenvalue weighted by Crippen LogP contribution is 2.25. The van der Waals surface area contributed by atoms with Crippen molar-refractivity contribution < 1.29 is 19.2 Å². The van der Waals surface area contributed by atoms with E-state index in [0.29, 0.717) is 22.6 Å². The summed E-state index contributed by atoms with van der Waals surface area (Å²) in [5.74, 6) is 0.745. The van der Waals surface area contributed by atoms with E-state index in [1.165, 1.54) is 18.5 Å². The number of nitrogens with one attached hydrogen (secondary N) is 1. The van der Waals surface area contributed by atoms with E-state index in [0.717, 1.165) is 11.1 Å². The minimum Gasteiger partial charge on any atom is -0.496 e. The molecule has 9 nitrogen and oxygen atoms in total. The number of benzene rings is 2. The maximum absolute atomic E-state index is 12.0. The summed E-state index contributed by atoms with van der Waals surface area (Å²) in [4.78, 5) is 26.4. The first-order valence-corrected chi connectivity index (χ1v) is 9.26. The second-order valence-electron chi connectivity index (χ2n) is 6.51. The van der Waals surface area contributed by atoms with Crippen molar-refractivity contribution >= 4 is 17.8 Å². The van der Waals surface area contributed by atoms with Gasteiger partial charge in [0.05, 0.1) is 23.8 Å². The molecule has 0 spiro atoms. The van der Waals surface area contributed by atoms with Gasteiger partial charge < -0.3 is 9.47 Å². The Balaban J connectivity index is 1.64. The van der Waals surface area contributed by atoms with Crippen LogP contribution in [0, 0.1) is 17.0 Å². The minimum atomic E-state index is -0.429. The highest BCUT2D eigenvalue weighted by molar-refractivity contribution is 5.94. The first kappa shape index (κ1) is 21.4. The van der Waals surface area contributed by atoms with Crippen molar-refractivity contribution in [3.05, 3.63) is 93.3 Å². The molecule has 0 atom stereocenters. The smallest absolute Gasteiger partial charge is 0.272 e. The van der Waals surface area contributed by atoms with Crippen LogP contribution in [0.1, 0.15) is 27.0 Å². The van der Waals surface area contributed by atoms with Gasteiger partial charge in [0, 0.05) is 29.6 Å². The number of nitro benzene ring substituents is 1. The molecule has 0 aliphatic rings. The van der Waals surface area contributed by atoms with Gasteiger partial charge in [0.1, 0.15) is 18.1 Å². The van der Waals surface area contributed by atoms with Gasteiger partial charge in [-0.1, -0.05) is 12.1 Å². The first-order valence-electron chi connectivity index (χ1n) is 9.26. The summed E-state index contributed by atoms with van der Waals surface area (Å²) in [7, 11) is 1.54. The van der Waals surface area contributed by atoms with Crippen molar-refractivity contribution in [2.24, 2.45) is 5.10 Å². The number of aryl methyl sites for hydroxylation is 1. The average Bonchev–Trinajstić information content (AvgIpc) is 2.78. The Bertz CT molecular complexity index is 1120. The lowest BCUT2D eigenvalue weighted by Crippen LogP contribution is -2.17. The van der Waals surface area contributed by atoms with Gasteiger partial charge in [0.15, 0.2) is 0 Å². The Labute approximate surface area is 178 Å². The number of pyridine rings is 1. The van der Waals surface area contributed by atoms with Crippen molar-refractivity contribution in [3.8, 4) is 11.5 Å². The molecular weight excluding hydrogens is 400 g/mol. The number of ether oxygens (including phenoxy) is 2. The molecule has 0 unspecified atom stereocenters. The molecule has 3 rings (SSSR count). The van der Waals surface area contributed by atoms with Gasteiger partial charge in [0.2, 0.25) is 0 Å². The van der Waals surface area contributed by atoms with Crippen LogP contribution in [-0.4, -0.2) is 29.1 Å². The number of amides is 1. The molecule has 0 aliphatic carbocycles. The Kier molecular flexibility index (Phi) is 6.89. The zero-order chi connectivity index (χ0) is 22.2. The topological polar surface area (TPSA) is 116 Å². The Morgan fingerprint density at radius 1 is 1.26 bits per heavy atom. The van der Waals surface area contributed by atoms with Gasteiger partial charge in [-0.25, -0.2) is 5.43 Å². The Morgan fingerprint density at radius 3 is 2.77 bits per heavy atom. The summed E-state index contributed by atoms with van der Waals surface area (Å²) in [6, 6.07) is 13.3. The van der Waals surface area contributed by atoms with Crippen LogP contribution in [0.3, 0.4) is 0 Å². The highest BCUT2D eigenvalue weighted by atomic mass is 16.6. The number of carbonyl (C=O) groups is 1. The van der Waals surface area contributed by atoms with Gasteiger partial charge in [-0.2, -0.15) is 5.10 Å². The molecule has 0 saturated carbocycles. The third-order valence-corrected chi connectivity index (χ3v) is 4.37. The third kappa shape index (κ3) is 5.63. The van der Waals surface area contributed by atoms with E-state index in [9.17, 15) is 14.9 Å². The van der Waals surface area contributed by atoms with Crippen LogP contribution in [0.4, 0.5) is 5.69 Å². The van der Waals surface area contributed by atoms with Gasteiger partial charge in [-0.15, -0.1) is 0 Å². The first-order chi connectivity index (χ1) is 15.0. The number of methoxy groups -OCH3 is 1. The molecule has 1 heterocycles. The molecule has 0 fully saturated rings. The highest BCUT2D eigenvalue weighted by Gasteiger charge is 2.11. The number of aromatic nitrogens is 1. The third-order valence-electron chi connectivity index (χ3n) is 4.37. The van der Waals surface area contributed by atoms with Crippen molar-refractivity contribution in [2.45, 2.75) is 13.5 Å². The summed E-state index contributed by atoms with van der Waals surface area (Å²) < 4.78 is 11.2. The molecule has 1 amide bonds. The summed E-state index contributed by atoms with van der Waals surface area (Å²) in [5, 5.41) is 14.9. The van der Waals surface area contributed by atoms with E-state index in [2.05, 4.69) is 15.5 Å². The normalized spacial score (nSPS) is 10.6. The van der Waals surface area contributed by atoms with E-state index in [1.807, 2.05) is 12.1 Å². The minimum absolute atomic E-state index is 0.0455. The molecule has 31 heavy (non-hydrogen) atoms. The zero-order valence-corrected chi connectivity index (χ0v) is 16.9. The van der Waals surface area contributed by atoms with Crippen LogP contribution in [0.25, 0.3) is 0 Å². The fraction of sp³-hybridized carbons (Fsp3) is 0.136. The van der Waals surface area contributed by atoms with Crippen molar-refractivity contribution in [1.29, 1.82) is 0 Å². The van der Waals surface area contributed by atoms with Crippen LogP contribution >= 0.6 is 0 Å². The van der Waals surface area contributed by atoms with Crippen LogP contribution in [0.15, 0.2) is 66.0 Å². The van der Waals surface area contributed by atoms with E-state index in [4.69, 9.17) is 9.47 Å². The lowest BCUT2D eigenvalue weighted by Gasteiger charge is -2.11. The molecular formula is C22H20N4O5. The van der Waals surface area contributed by atoms with E-state index >= 15 is 0 Å². The lowest BCUT2D eigenvalue weighted by atomic mass is 10.1. The molecule has 3 aromatic rings.